The number of hydrogen-bond donors (Lipinski definition) is 2. The van der Waals surface area contributed by atoms with Gasteiger partial charge in [0.25, 0.3) is 0 Å². The highest BCUT2D eigenvalue weighted by Gasteiger charge is 2.41. The Labute approximate surface area is 140 Å². The number of hydrogen-bond acceptors (Lipinski definition) is 4. The van der Waals surface area contributed by atoms with Crippen LogP contribution in [0.5, 0.6) is 0 Å². The standard InChI is InChI=1S/C17H22N2O5/c20-15(21)8-17(6-7-23-12-17)18-16(22)19-9-14(10-19)24-11-13-4-2-1-3-5-13/h1-5,14H,6-12H2,(H,18,22)(H,20,21). The molecule has 130 valence electrons. The number of likely N-dealkylation sites (tertiary alicyclic amines) is 1. The molecule has 0 saturated carbocycles. The molecule has 2 aliphatic heterocycles. The zero-order chi connectivity index (χ0) is 17.0. The van der Waals surface area contributed by atoms with Crippen molar-refractivity contribution in [2.75, 3.05) is 26.3 Å². The number of ether oxygens (including phenoxy) is 2. The van der Waals surface area contributed by atoms with Crippen molar-refractivity contribution < 1.29 is 24.2 Å². The van der Waals surface area contributed by atoms with Crippen LogP contribution in [0.4, 0.5) is 4.79 Å². The van der Waals surface area contributed by atoms with E-state index in [-0.39, 0.29) is 25.2 Å². The average molecular weight is 334 g/mol. The van der Waals surface area contributed by atoms with Gasteiger partial charge in [0, 0.05) is 6.61 Å². The molecule has 7 nitrogen and oxygen atoms in total. The van der Waals surface area contributed by atoms with Gasteiger partial charge in [0.2, 0.25) is 0 Å². The number of nitrogens with zero attached hydrogens (tertiary/aromatic N) is 1. The second-order valence-electron chi connectivity index (χ2n) is 6.41. The molecule has 0 bridgehead atoms. The van der Waals surface area contributed by atoms with E-state index in [1.165, 1.54) is 0 Å². The summed E-state index contributed by atoms with van der Waals surface area (Å²) in [4.78, 5) is 25.0. The first-order valence-corrected chi connectivity index (χ1v) is 8.08. The van der Waals surface area contributed by atoms with Gasteiger partial charge in [0.05, 0.1) is 44.4 Å². The lowest BCUT2D eigenvalue weighted by molar-refractivity contribution is -0.138. The van der Waals surface area contributed by atoms with Crippen LogP contribution >= 0.6 is 0 Å². The number of nitrogens with one attached hydrogen (secondary N) is 1. The summed E-state index contributed by atoms with van der Waals surface area (Å²) in [6, 6.07) is 9.63. The van der Waals surface area contributed by atoms with Gasteiger partial charge in [0.1, 0.15) is 0 Å². The van der Waals surface area contributed by atoms with Crippen molar-refractivity contribution >= 4 is 12.0 Å². The Bertz CT molecular complexity index is 580. The summed E-state index contributed by atoms with van der Waals surface area (Å²) in [5, 5.41) is 11.9. The molecule has 0 radical (unpaired) electrons. The highest BCUT2D eigenvalue weighted by molar-refractivity contribution is 5.78. The van der Waals surface area contributed by atoms with Crippen LogP contribution in [0.1, 0.15) is 18.4 Å². The summed E-state index contributed by atoms with van der Waals surface area (Å²) < 4.78 is 11.0. The van der Waals surface area contributed by atoms with E-state index in [9.17, 15) is 9.59 Å². The van der Waals surface area contributed by atoms with Crippen molar-refractivity contribution in [2.45, 2.75) is 31.1 Å². The molecule has 1 aromatic rings. The van der Waals surface area contributed by atoms with Crippen molar-refractivity contribution in [3.63, 3.8) is 0 Å². The van der Waals surface area contributed by atoms with Gasteiger partial charge in [-0.15, -0.1) is 0 Å². The van der Waals surface area contributed by atoms with Crippen LogP contribution in [0, 0.1) is 0 Å². The molecule has 2 saturated heterocycles. The Hall–Kier alpha value is -2.12. The van der Waals surface area contributed by atoms with Crippen molar-refractivity contribution in [2.24, 2.45) is 0 Å². The maximum Gasteiger partial charge on any atom is 0.318 e. The van der Waals surface area contributed by atoms with Crippen LogP contribution in [-0.4, -0.2) is 60.0 Å². The number of carboxylic acid groups (broad SMARTS) is 1. The molecule has 2 aliphatic rings. The molecule has 7 heteroatoms. The molecule has 1 atom stereocenters. The van der Waals surface area contributed by atoms with Gasteiger partial charge in [-0.1, -0.05) is 30.3 Å². The number of amides is 2. The molecule has 0 aromatic heterocycles. The van der Waals surface area contributed by atoms with Gasteiger partial charge in [-0.3, -0.25) is 4.79 Å². The quantitative estimate of drug-likeness (QED) is 0.817. The molecule has 3 rings (SSSR count). The largest absolute Gasteiger partial charge is 0.481 e. The average Bonchev–Trinajstić information content (AvgIpc) is 2.93. The number of rotatable bonds is 6. The van der Waals surface area contributed by atoms with Crippen molar-refractivity contribution in [3.05, 3.63) is 35.9 Å². The Balaban J connectivity index is 1.43. The van der Waals surface area contributed by atoms with Crippen molar-refractivity contribution in [1.82, 2.24) is 10.2 Å². The van der Waals surface area contributed by atoms with Crippen LogP contribution < -0.4 is 5.32 Å². The van der Waals surface area contributed by atoms with Gasteiger partial charge in [-0.05, 0) is 12.0 Å². The van der Waals surface area contributed by atoms with Gasteiger partial charge < -0.3 is 24.8 Å². The molecule has 2 amide bonds. The third kappa shape index (κ3) is 4.04. The van der Waals surface area contributed by atoms with Gasteiger partial charge >= 0.3 is 12.0 Å². The van der Waals surface area contributed by atoms with Crippen LogP contribution in [-0.2, 0) is 20.9 Å². The molecule has 1 unspecified atom stereocenters. The molecular weight excluding hydrogens is 312 g/mol. The number of carbonyl (C=O) groups excluding carboxylic acids is 1. The third-order valence-electron chi connectivity index (χ3n) is 4.43. The Morgan fingerprint density at radius 3 is 2.71 bits per heavy atom. The maximum atomic E-state index is 12.3. The summed E-state index contributed by atoms with van der Waals surface area (Å²) in [7, 11) is 0. The van der Waals surface area contributed by atoms with Gasteiger partial charge in [-0.25, -0.2) is 4.79 Å². The van der Waals surface area contributed by atoms with E-state index < -0.39 is 11.5 Å². The molecule has 0 aliphatic carbocycles. The monoisotopic (exact) mass is 334 g/mol. The highest BCUT2D eigenvalue weighted by atomic mass is 16.5. The lowest BCUT2D eigenvalue weighted by atomic mass is 9.94. The zero-order valence-corrected chi connectivity index (χ0v) is 13.4. The molecule has 0 spiro atoms. The first-order valence-electron chi connectivity index (χ1n) is 8.08. The predicted molar refractivity (Wildman–Crippen MR) is 85.5 cm³/mol. The van der Waals surface area contributed by atoms with E-state index >= 15 is 0 Å². The number of aliphatic carboxylic acids is 1. The maximum absolute atomic E-state index is 12.3. The van der Waals surface area contributed by atoms with Gasteiger partial charge in [-0.2, -0.15) is 0 Å². The van der Waals surface area contributed by atoms with E-state index in [1.807, 2.05) is 30.3 Å². The summed E-state index contributed by atoms with van der Waals surface area (Å²) in [5.41, 5.74) is 0.308. The Morgan fingerprint density at radius 1 is 1.33 bits per heavy atom. The molecular formula is C17H22N2O5. The lowest BCUT2D eigenvalue weighted by Gasteiger charge is -2.41. The third-order valence-corrected chi connectivity index (χ3v) is 4.43. The number of benzene rings is 1. The SMILES string of the molecule is O=C(O)CC1(NC(=O)N2CC(OCc3ccccc3)C2)CCOC1. The minimum atomic E-state index is -0.937. The summed E-state index contributed by atoms with van der Waals surface area (Å²) in [6.07, 6.45) is 0.416. The molecule has 2 heterocycles. The van der Waals surface area contributed by atoms with Crippen LogP contribution in [0.25, 0.3) is 0 Å². The minimum absolute atomic E-state index is 0.0196. The first-order chi connectivity index (χ1) is 11.6. The molecule has 2 fully saturated rings. The fourth-order valence-corrected chi connectivity index (χ4v) is 2.98. The van der Waals surface area contributed by atoms with E-state index in [4.69, 9.17) is 14.6 Å². The number of urea groups is 1. The van der Waals surface area contributed by atoms with E-state index in [2.05, 4.69) is 5.32 Å². The molecule has 24 heavy (non-hydrogen) atoms. The topological polar surface area (TPSA) is 88.1 Å². The van der Waals surface area contributed by atoms with Crippen LogP contribution in [0.2, 0.25) is 0 Å². The second kappa shape index (κ2) is 7.19. The number of carbonyl (C=O) groups is 2. The van der Waals surface area contributed by atoms with Crippen molar-refractivity contribution in [3.8, 4) is 0 Å². The lowest BCUT2D eigenvalue weighted by Crippen LogP contribution is -2.62. The molecule has 1 aromatic carbocycles. The summed E-state index contributed by atoms with van der Waals surface area (Å²) in [6.45, 7) is 2.27. The van der Waals surface area contributed by atoms with E-state index in [0.717, 1.165) is 5.56 Å². The summed E-state index contributed by atoms with van der Waals surface area (Å²) >= 11 is 0. The van der Waals surface area contributed by atoms with Crippen LogP contribution in [0.3, 0.4) is 0 Å². The van der Waals surface area contributed by atoms with E-state index in [0.29, 0.717) is 32.7 Å². The number of carboxylic acids is 1. The second-order valence-corrected chi connectivity index (χ2v) is 6.41. The smallest absolute Gasteiger partial charge is 0.318 e. The highest BCUT2D eigenvalue weighted by Crippen LogP contribution is 2.24. The van der Waals surface area contributed by atoms with Gasteiger partial charge in [0.15, 0.2) is 0 Å². The Morgan fingerprint density at radius 2 is 2.08 bits per heavy atom. The zero-order valence-electron chi connectivity index (χ0n) is 13.4. The fourth-order valence-electron chi connectivity index (χ4n) is 2.98. The van der Waals surface area contributed by atoms with Crippen LogP contribution in [0.15, 0.2) is 30.3 Å². The van der Waals surface area contributed by atoms with E-state index in [1.54, 1.807) is 4.90 Å². The normalized spacial score (nSPS) is 23.8. The Kier molecular flexibility index (Phi) is 5.01. The van der Waals surface area contributed by atoms with Crippen molar-refractivity contribution in [1.29, 1.82) is 0 Å². The summed E-state index contributed by atoms with van der Waals surface area (Å²) in [5.74, 6) is -0.937. The molecule has 2 N–H and O–H groups in total. The fraction of sp³-hybridized carbons (Fsp3) is 0.529. The first kappa shape index (κ1) is 16.7. The predicted octanol–water partition coefficient (Wildman–Crippen LogP) is 1.23. The minimum Gasteiger partial charge on any atom is -0.481 e.